The van der Waals surface area contributed by atoms with Gasteiger partial charge in [0.25, 0.3) is 0 Å². The molecule has 92 valence electrons. The second-order valence-electron chi connectivity index (χ2n) is 3.38. The minimum Gasteiger partial charge on any atom is -0.497 e. The standard InChI is InChI=1S/C12H15NO4/c1-9(14)13-8-7-12(15)17-11-5-3-10(16-2)4-6-11/h3-6H,7-8H2,1-2H3,(H,13,14). The topological polar surface area (TPSA) is 64.6 Å². The van der Waals surface area contributed by atoms with Crippen molar-refractivity contribution in [3.8, 4) is 11.5 Å². The SMILES string of the molecule is COc1ccc(OC(=O)CCNC(C)=O)cc1. The maximum atomic E-state index is 11.3. The van der Waals surface area contributed by atoms with Crippen LogP contribution >= 0.6 is 0 Å². The van der Waals surface area contributed by atoms with Crippen LogP contribution in [0, 0.1) is 0 Å². The molecule has 0 heterocycles. The fourth-order valence-electron chi connectivity index (χ4n) is 1.17. The van der Waals surface area contributed by atoms with E-state index in [-0.39, 0.29) is 24.8 Å². The van der Waals surface area contributed by atoms with E-state index in [1.165, 1.54) is 6.92 Å². The molecule has 1 rings (SSSR count). The van der Waals surface area contributed by atoms with Crippen molar-refractivity contribution in [2.24, 2.45) is 0 Å². The molecule has 0 saturated carbocycles. The molecule has 5 heteroatoms. The lowest BCUT2D eigenvalue weighted by molar-refractivity contribution is -0.134. The number of rotatable bonds is 5. The molecular formula is C12H15NO4. The first-order chi connectivity index (χ1) is 8.11. The van der Waals surface area contributed by atoms with Crippen molar-refractivity contribution < 1.29 is 19.1 Å². The summed E-state index contributed by atoms with van der Waals surface area (Å²) >= 11 is 0. The van der Waals surface area contributed by atoms with Gasteiger partial charge in [0.15, 0.2) is 0 Å². The second kappa shape index (κ2) is 6.52. The summed E-state index contributed by atoms with van der Waals surface area (Å²) in [6, 6.07) is 6.71. The third-order valence-corrected chi connectivity index (χ3v) is 1.99. The van der Waals surface area contributed by atoms with Gasteiger partial charge in [0.1, 0.15) is 11.5 Å². The smallest absolute Gasteiger partial charge is 0.312 e. The molecule has 0 atom stereocenters. The van der Waals surface area contributed by atoms with Crippen molar-refractivity contribution >= 4 is 11.9 Å². The van der Waals surface area contributed by atoms with Gasteiger partial charge in [-0.25, -0.2) is 0 Å². The van der Waals surface area contributed by atoms with E-state index in [2.05, 4.69) is 5.32 Å². The van der Waals surface area contributed by atoms with Crippen LogP contribution in [0.2, 0.25) is 0 Å². The van der Waals surface area contributed by atoms with E-state index in [0.717, 1.165) is 0 Å². The fourth-order valence-corrected chi connectivity index (χ4v) is 1.17. The van der Waals surface area contributed by atoms with Crippen LogP contribution in [0.5, 0.6) is 11.5 Å². The molecule has 0 bridgehead atoms. The van der Waals surface area contributed by atoms with Crippen molar-refractivity contribution in [2.45, 2.75) is 13.3 Å². The molecule has 1 amide bonds. The summed E-state index contributed by atoms with van der Waals surface area (Å²) in [4.78, 5) is 21.9. The van der Waals surface area contributed by atoms with Gasteiger partial charge in [-0.05, 0) is 24.3 Å². The minimum atomic E-state index is -0.385. The molecule has 0 aliphatic carbocycles. The molecule has 1 aromatic carbocycles. The lowest BCUT2D eigenvalue weighted by Crippen LogP contribution is -2.24. The number of esters is 1. The normalized spacial score (nSPS) is 9.53. The van der Waals surface area contributed by atoms with E-state index < -0.39 is 0 Å². The molecule has 17 heavy (non-hydrogen) atoms. The summed E-state index contributed by atoms with van der Waals surface area (Å²) in [5.41, 5.74) is 0. The Hall–Kier alpha value is -2.04. The molecule has 5 nitrogen and oxygen atoms in total. The van der Waals surface area contributed by atoms with Gasteiger partial charge < -0.3 is 14.8 Å². The Bertz CT molecular complexity index is 386. The Balaban J connectivity index is 2.37. The van der Waals surface area contributed by atoms with Gasteiger partial charge in [-0.3, -0.25) is 9.59 Å². The Labute approximate surface area is 99.7 Å². The molecule has 0 spiro atoms. The number of hydrogen-bond acceptors (Lipinski definition) is 4. The van der Waals surface area contributed by atoms with Gasteiger partial charge in [0.05, 0.1) is 13.5 Å². The second-order valence-corrected chi connectivity index (χ2v) is 3.38. The van der Waals surface area contributed by atoms with E-state index >= 15 is 0 Å². The van der Waals surface area contributed by atoms with E-state index in [1.807, 2.05) is 0 Å². The maximum absolute atomic E-state index is 11.3. The molecule has 1 aromatic rings. The monoisotopic (exact) mass is 237 g/mol. The van der Waals surface area contributed by atoms with Crippen LogP contribution in [0.25, 0.3) is 0 Å². The first-order valence-corrected chi connectivity index (χ1v) is 5.21. The molecule has 0 radical (unpaired) electrons. The Kier molecular flexibility index (Phi) is 5.00. The molecule has 0 saturated heterocycles. The molecular weight excluding hydrogens is 222 g/mol. The number of nitrogens with one attached hydrogen (secondary N) is 1. The van der Waals surface area contributed by atoms with Gasteiger partial charge >= 0.3 is 5.97 Å². The van der Waals surface area contributed by atoms with Gasteiger partial charge in [-0.2, -0.15) is 0 Å². The zero-order chi connectivity index (χ0) is 12.7. The first-order valence-electron chi connectivity index (χ1n) is 5.21. The number of hydrogen-bond donors (Lipinski definition) is 1. The van der Waals surface area contributed by atoms with Crippen LogP contribution < -0.4 is 14.8 Å². The number of carbonyl (C=O) groups excluding carboxylic acids is 2. The highest BCUT2D eigenvalue weighted by Gasteiger charge is 2.05. The number of ether oxygens (including phenoxy) is 2. The average molecular weight is 237 g/mol. The quantitative estimate of drug-likeness (QED) is 0.615. The third-order valence-electron chi connectivity index (χ3n) is 1.99. The summed E-state index contributed by atoms with van der Waals surface area (Å²) in [7, 11) is 1.56. The summed E-state index contributed by atoms with van der Waals surface area (Å²) in [6.07, 6.45) is 0.144. The Morgan fingerprint density at radius 3 is 2.29 bits per heavy atom. The van der Waals surface area contributed by atoms with Crippen molar-refractivity contribution in [2.75, 3.05) is 13.7 Å². The van der Waals surface area contributed by atoms with Crippen molar-refractivity contribution in [3.05, 3.63) is 24.3 Å². The van der Waals surface area contributed by atoms with Gasteiger partial charge in [-0.15, -0.1) is 0 Å². The number of benzene rings is 1. The lowest BCUT2D eigenvalue weighted by atomic mass is 10.3. The van der Waals surface area contributed by atoms with E-state index in [1.54, 1.807) is 31.4 Å². The molecule has 0 aliphatic heterocycles. The van der Waals surface area contributed by atoms with Crippen LogP contribution in [0.4, 0.5) is 0 Å². The largest absolute Gasteiger partial charge is 0.497 e. The number of methoxy groups -OCH3 is 1. The van der Waals surface area contributed by atoms with Crippen molar-refractivity contribution in [1.82, 2.24) is 5.32 Å². The highest BCUT2D eigenvalue weighted by Crippen LogP contribution is 2.17. The molecule has 0 unspecified atom stereocenters. The lowest BCUT2D eigenvalue weighted by Gasteiger charge is -2.05. The van der Waals surface area contributed by atoms with Crippen molar-refractivity contribution in [3.63, 3.8) is 0 Å². The van der Waals surface area contributed by atoms with Gasteiger partial charge in [-0.1, -0.05) is 0 Å². The van der Waals surface area contributed by atoms with E-state index in [9.17, 15) is 9.59 Å². The summed E-state index contributed by atoms with van der Waals surface area (Å²) in [6.45, 7) is 1.68. The molecule has 0 fully saturated rings. The fraction of sp³-hybridized carbons (Fsp3) is 0.333. The summed E-state index contributed by atoms with van der Waals surface area (Å²) < 4.78 is 10.0. The van der Waals surface area contributed by atoms with Crippen LogP contribution in [0.1, 0.15) is 13.3 Å². The van der Waals surface area contributed by atoms with E-state index in [0.29, 0.717) is 11.5 Å². The average Bonchev–Trinajstić information content (AvgIpc) is 2.29. The Morgan fingerprint density at radius 1 is 1.18 bits per heavy atom. The van der Waals surface area contributed by atoms with Crippen LogP contribution in [-0.2, 0) is 9.59 Å². The zero-order valence-electron chi connectivity index (χ0n) is 9.86. The zero-order valence-corrected chi connectivity index (χ0v) is 9.86. The van der Waals surface area contributed by atoms with Crippen LogP contribution in [0.15, 0.2) is 24.3 Å². The maximum Gasteiger partial charge on any atom is 0.312 e. The number of amides is 1. The van der Waals surface area contributed by atoms with Crippen LogP contribution in [0.3, 0.4) is 0 Å². The van der Waals surface area contributed by atoms with Crippen LogP contribution in [-0.4, -0.2) is 25.5 Å². The molecule has 1 N–H and O–H groups in total. The summed E-state index contributed by atoms with van der Waals surface area (Å²) in [5, 5.41) is 2.52. The predicted octanol–water partition coefficient (Wildman–Crippen LogP) is 1.13. The van der Waals surface area contributed by atoms with E-state index in [4.69, 9.17) is 9.47 Å². The molecule has 0 aromatic heterocycles. The number of carbonyl (C=O) groups is 2. The van der Waals surface area contributed by atoms with Crippen molar-refractivity contribution in [1.29, 1.82) is 0 Å². The minimum absolute atomic E-state index is 0.144. The highest BCUT2D eigenvalue weighted by atomic mass is 16.5. The predicted molar refractivity (Wildman–Crippen MR) is 61.9 cm³/mol. The highest BCUT2D eigenvalue weighted by molar-refractivity contribution is 5.75. The summed E-state index contributed by atoms with van der Waals surface area (Å²) in [5.74, 6) is 0.604. The molecule has 0 aliphatic rings. The van der Waals surface area contributed by atoms with Gasteiger partial charge in [0, 0.05) is 13.5 Å². The van der Waals surface area contributed by atoms with Gasteiger partial charge in [0.2, 0.25) is 5.91 Å². The first kappa shape index (κ1) is 13.0. The Morgan fingerprint density at radius 2 is 1.76 bits per heavy atom. The third kappa shape index (κ3) is 5.01.